The average molecular weight is 473 g/mol. The standard InChI is InChI=1S/C27H34Cl2N2O/c1-3-5-10-14-31(15-11-6-4-2)19-26(32)22-18-25(20-12-8-7-9-13-20)30-27-23(22)16-21(28)17-24(27)29/h7-9,12-13,16-18,26,32H,3-6,10-11,14-15,19H2,1-2H3/t26-/m1/s1. The molecule has 32 heavy (non-hydrogen) atoms. The van der Waals surface area contributed by atoms with Crippen molar-refractivity contribution in [3.05, 3.63) is 64.1 Å². The van der Waals surface area contributed by atoms with Crippen molar-refractivity contribution in [3.8, 4) is 11.3 Å². The molecule has 0 fully saturated rings. The van der Waals surface area contributed by atoms with Crippen LogP contribution in [0.25, 0.3) is 22.2 Å². The Kier molecular flexibility index (Phi) is 9.80. The van der Waals surface area contributed by atoms with Crippen LogP contribution in [0, 0.1) is 0 Å². The molecule has 1 N–H and O–H groups in total. The maximum absolute atomic E-state index is 11.4. The van der Waals surface area contributed by atoms with E-state index in [1.807, 2.05) is 42.5 Å². The van der Waals surface area contributed by atoms with Gasteiger partial charge in [-0.05, 0) is 49.7 Å². The van der Waals surface area contributed by atoms with E-state index in [1.165, 1.54) is 25.7 Å². The lowest BCUT2D eigenvalue weighted by atomic mass is 9.99. The summed E-state index contributed by atoms with van der Waals surface area (Å²) in [4.78, 5) is 7.21. The van der Waals surface area contributed by atoms with Crippen LogP contribution in [0.2, 0.25) is 10.0 Å². The van der Waals surface area contributed by atoms with Gasteiger partial charge in [-0.25, -0.2) is 4.98 Å². The van der Waals surface area contributed by atoms with Gasteiger partial charge in [-0.1, -0.05) is 93.1 Å². The lowest BCUT2D eigenvalue weighted by Gasteiger charge is -2.26. The summed E-state index contributed by atoms with van der Waals surface area (Å²) in [6.07, 6.45) is 6.46. The Balaban J connectivity index is 1.96. The van der Waals surface area contributed by atoms with Crippen molar-refractivity contribution < 1.29 is 5.11 Å². The van der Waals surface area contributed by atoms with Gasteiger partial charge < -0.3 is 10.0 Å². The van der Waals surface area contributed by atoms with Gasteiger partial charge in [0.15, 0.2) is 0 Å². The van der Waals surface area contributed by atoms with Crippen molar-refractivity contribution in [2.45, 2.75) is 58.5 Å². The van der Waals surface area contributed by atoms with E-state index < -0.39 is 6.10 Å². The minimum Gasteiger partial charge on any atom is -0.387 e. The Bertz CT molecular complexity index is 984. The number of hydrogen-bond donors (Lipinski definition) is 1. The summed E-state index contributed by atoms with van der Waals surface area (Å²) < 4.78 is 0. The Morgan fingerprint density at radius 2 is 1.56 bits per heavy atom. The lowest BCUT2D eigenvalue weighted by Crippen LogP contribution is -2.31. The number of nitrogens with zero attached hydrogens (tertiary/aromatic N) is 2. The quantitative estimate of drug-likeness (QED) is 0.271. The number of benzene rings is 2. The number of rotatable bonds is 12. The Morgan fingerprint density at radius 1 is 0.906 bits per heavy atom. The summed E-state index contributed by atoms with van der Waals surface area (Å²) in [5.41, 5.74) is 3.31. The van der Waals surface area contributed by atoms with Gasteiger partial charge in [-0.3, -0.25) is 0 Å². The maximum atomic E-state index is 11.4. The molecule has 0 radical (unpaired) electrons. The minimum atomic E-state index is -0.652. The van der Waals surface area contributed by atoms with Crippen molar-refractivity contribution in [2.24, 2.45) is 0 Å². The molecule has 5 heteroatoms. The third kappa shape index (κ3) is 6.68. The first-order valence-electron chi connectivity index (χ1n) is 11.8. The number of fused-ring (bicyclic) bond motifs is 1. The summed E-state index contributed by atoms with van der Waals surface area (Å²) in [5.74, 6) is 0. The van der Waals surface area contributed by atoms with Crippen molar-refractivity contribution in [1.82, 2.24) is 9.88 Å². The second-order valence-electron chi connectivity index (χ2n) is 8.48. The van der Waals surface area contributed by atoms with Gasteiger partial charge in [0.2, 0.25) is 0 Å². The Morgan fingerprint density at radius 3 is 2.19 bits per heavy atom. The zero-order valence-electron chi connectivity index (χ0n) is 19.2. The van der Waals surface area contributed by atoms with Crippen LogP contribution in [0.5, 0.6) is 0 Å². The van der Waals surface area contributed by atoms with Gasteiger partial charge in [-0.15, -0.1) is 0 Å². The molecule has 0 spiro atoms. The van der Waals surface area contributed by atoms with Crippen molar-refractivity contribution in [2.75, 3.05) is 19.6 Å². The SMILES string of the molecule is CCCCCN(CCCCC)C[C@@H](O)c1cc(-c2ccccc2)nc2c(Cl)cc(Cl)cc12. The summed E-state index contributed by atoms with van der Waals surface area (Å²) in [7, 11) is 0. The lowest BCUT2D eigenvalue weighted by molar-refractivity contribution is 0.111. The predicted octanol–water partition coefficient (Wildman–Crippen LogP) is 7.92. The summed E-state index contributed by atoms with van der Waals surface area (Å²) in [5, 5.41) is 13.3. The largest absolute Gasteiger partial charge is 0.387 e. The van der Waals surface area contributed by atoms with E-state index in [4.69, 9.17) is 28.2 Å². The second kappa shape index (κ2) is 12.6. The first kappa shape index (κ1) is 25.0. The highest BCUT2D eigenvalue weighted by molar-refractivity contribution is 6.38. The van der Waals surface area contributed by atoms with Gasteiger partial charge in [-0.2, -0.15) is 0 Å². The smallest absolute Gasteiger partial charge is 0.0924 e. The molecule has 0 aliphatic rings. The Labute approximate surface area is 202 Å². The summed E-state index contributed by atoms with van der Waals surface area (Å²) in [6, 6.07) is 15.6. The van der Waals surface area contributed by atoms with Crippen LogP contribution in [0.15, 0.2) is 48.5 Å². The number of aliphatic hydroxyl groups excluding tert-OH is 1. The van der Waals surface area contributed by atoms with Crippen LogP contribution in [0.4, 0.5) is 0 Å². The van der Waals surface area contributed by atoms with E-state index >= 15 is 0 Å². The first-order chi connectivity index (χ1) is 15.5. The molecule has 0 saturated carbocycles. The molecule has 1 heterocycles. The molecule has 0 unspecified atom stereocenters. The molecule has 172 valence electrons. The first-order valence-corrected chi connectivity index (χ1v) is 12.5. The molecule has 3 rings (SSSR count). The minimum absolute atomic E-state index is 0.501. The van der Waals surface area contributed by atoms with E-state index in [2.05, 4.69) is 18.7 Å². The van der Waals surface area contributed by atoms with E-state index in [-0.39, 0.29) is 0 Å². The van der Waals surface area contributed by atoms with Gasteiger partial charge >= 0.3 is 0 Å². The summed E-state index contributed by atoms with van der Waals surface area (Å²) in [6.45, 7) is 7.04. The van der Waals surface area contributed by atoms with Gasteiger partial charge in [0.1, 0.15) is 0 Å². The number of aliphatic hydroxyl groups is 1. The fourth-order valence-electron chi connectivity index (χ4n) is 4.12. The molecule has 3 nitrogen and oxygen atoms in total. The van der Waals surface area contributed by atoms with Crippen molar-refractivity contribution >= 4 is 34.1 Å². The Hall–Kier alpha value is -1.65. The zero-order chi connectivity index (χ0) is 22.9. The molecule has 0 amide bonds. The third-order valence-electron chi connectivity index (χ3n) is 5.88. The normalized spacial score (nSPS) is 12.6. The topological polar surface area (TPSA) is 36.4 Å². The molecule has 0 bridgehead atoms. The highest BCUT2D eigenvalue weighted by atomic mass is 35.5. The fraction of sp³-hybridized carbons (Fsp3) is 0.444. The van der Waals surface area contributed by atoms with Gasteiger partial charge in [0, 0.05) is 22.5 Å². The van der Waals surface area contributed by atoms with Crippen LogP contribution < -0.4 is 0 Å². The molecule has 1 atom stereocenters. The van der Waals surface area contributed by atoms with E-state index in [9.17, 15) is 5.11 Å². The second-order valence-corrected chi connectivity index (χ2v) is 9.32. The van der Waals surface area contributed by atoms with Crippen LogP contribution in [0.1, 0.15) is 64.0 Å². The molecule has 0 saturated heterocycles. The number of unbranched alkanes of at least 4 members (excludes halogenated alkanes) is 4. The highest BCUT2D eigenvalue weighted by Crippen LogP contribution is 2.34. The number of aromatic nitrogens is 1. The number of pyridine rings is 1. The molecule has 0 aliphatic carbocycles. The number of hydrogen-bond acceptors (Lipinski definition) is 3. The zero-order valence-corrected chi connectivity index (χ0v) is 20.7. The van der Waals surface area contributed by atoms with E-state index in [1.54, 1.807) is 6.07 Å². The van der Waals surface area contributed by atoms with E-state index in [0.29, 0.717) is 22.1 Å². The van der Waals surface area contributed by atoms with Crippen LogP contribution in [0.3, 0.4) is 0 Å². The molecule has 1 aromatic heterocycles. The third-order valence-corrected chi connectivity index (χ3v) is 6.39. The predicted molar refractivity (Wildman–Crippen MR) is 138 cm³/mol. The number of halogens is 2. The molecule has 2 aromatic carbocycles. The van der Waals surface area contributed by atoms with Crippen molar-refractivity contribution in [3.63, 3.8) is 0 Å². The molecular weight excluding hydrogens is 439 g/mol. The monoisotopic (exact) mass is 472 g/mol. The van der Waals surface area contributed by atoms with Crippen LogP contribution in [-0.4, -0.2) is 34.6 Å². The maximum Gasteiger partial charge on any atom is 0.0924 e. The molecular formula is C27H34Cl2N2O. The molecule has 0 aliphatic heterocycles. The van der Waals surface area contributed by atoms with Crippen LogP contribution >= 0.6 is 23.2 Å². The van der Waals surface area contributed by atoms with Crippen molar-refractivity contribution in [1.29, 1.82) is 0 Å². The molecule has 3 aromatic rings. The van der Waals surface area contributed by atoms with Crippen LogP contribution in [-0.2, 0) is 0 Å². The highest BCUT2D eigenvalue weighted by Gasteiger charge is 2.19. The van der Waals surface area contributed by atoms with Gasteiger partial charge in [0.25, 0.3) is 0 Å². The average Bonchev–Trinajstić information content (AvgIpc) is 2.79. The fourth-order valence-corrected chi connectivity index (χ4v) is 4.65. The van der Waals surface area contributed by atoms with E-state index in [0.717, 1.165) is 48.1 Å². The van der Waals surface area contributed by atoms with Gasteiger partial charge in [0.05, 0.1) is 22.3 Å². The summed E-state index contributed by atoms with van der Waals surface area (Å²) >= 11 is 12.9.